The van der Waals surface area contributed by atoms with E-state index in [0.717, 1.165) is 56.3 Å². The smallest absolute Gasteiger partial charge is 0.276 e. The fraction of sp³-hybridized carbons (Fsp3) is 0.571. The summed E-state index contributed by atoms with van der Waals surface area (Å²) in [6, 6.07) is 0. The van der Waals surface area contributed by atoms with Crippen molar-refractivity contribution in [3.05, 3.63) is 10.4 Å². The largest absolute Gasteiger partial charge is 0.353 e. The van der Waals surface area contributed by atoms with Gasteiger partial charge in [0.25, 0.3) is 5.78 Å². The van der Waals surface area contributed by atoms with E-state index >= 15 is 0 Å². The number of aromatic nitrogens is 5. The lowest BCUT2D eigenvalue weighted by Crippen LogP contribution is -2.44. The summed E-state index contributed by atoms with van der Waals surface area (Å²) in [5.41, 5.74) is 1.45. The molecule has 23 heavy (non-hydrogen) atoms. The van der Waals surface area contributed by atoms with Crippen molar-refractivity contribution in [3.8, 4) is 0 Å². The number of anilines is 1. The maximum absolute atomic E-state index is 4.80. The van der Waals surface area contributed by atoms with Crippen LogP contribution in [0.4, 0.5) is 5.82 Å². The highest BCUT2D eigenvalue weighted by Crippen LogP contribution is 2.39. The maximum atomic E-state index is 4.80. The first kappa shape index (κ1) is 13.6. The van der Waals surface area contributed by atoms with Crippen molar-refractivity contribution < 1.29 is 0 Å². The van der Waals surface area contributed by atoms with Crippen LogP contribution in [0.1, 0.15) is 10.4 Å². The van der Waals surface area contributed by atoms with E-state index in [0.29, 0.717) is 5.78 Å². The van der Waals surface area contributed by atoms with Crippen LogP contribution >= 0.6 is 11.3 Å². The molecule has 8 nitrogen and oxygen atoms in total. The van der Waals surface area contributed by atoms with Gasteiger partial charge < -0.3 is 15.1 Å². The number of fused-ring (bicyclic) bond motifs is 5. The molecule has 1 saturated heterocycles. The predicted molar refractivity (Wildman–Crippen MR) is 89.1 cm³/mol. The van der Waals surface area contributed by atoms with Crippen molar-refractivity contribution in [3.63, 3.8) is 0 Å². The minimum Gasteiger partial charge on any atom is -0.353 e. The van der Waals surface area contributed by atoms with Gasteiger partial charge in [-0.1, -0.05) is 5.10 Å². The summed E-state index contributed by atoms with van der Waals surface area (Å²) in [5.74, 6) is 1.66. The number of piperazine rings is 1. The first-order valence-corrected chi connectivity index (χ1v) is 8.79. The topological polar surface area (TPSA) is 74.5 Å². The number of hydrogen-bond acceptors (Lipinski definition) is 8. The Labute approximate surface area is 137 Å². The Kier molecular flexibility index (Phi) is 3.00. The van der Waals surface area contributed by atoms with Crippen LogP contribution in [0.5, 0.6) is 0 Å². The van der Waals surface area contributed by atoms with Gasteiger partial charge in [-0.25, -0.2) is 0 Å². The van der Waals surface area contributed by atoms with Crippen LogP contribution in [0.15, 0.2) is 0 Å². The molecule has 1 fully saturated rings. The average Bonchev–Trinajstić information content (AvgIpc) is 3.18. The fourth-order valence-corrected chi connectivity index (χ4v) is 4.90. The minimum atomic E-state index is 0.595. The van der Waals surface area contributed by atoms with Gasteiger partial charge in [0.15, 0.2) is 0 Å². The van der Waals surface area contributed by atoms with Crippen LogP contribution < -0.4 is 10.2 Å². The van der Waals surface area contributed by atoms with E-state index in [2.05, 4.69) is 37.7 Å². The molecule has 0 bridgehead atoms. The van der Waals surface area contributed by atoms with Gasteiger partial charge in [-0.05, 0) is 29.5 Å². The van der Waals surface area contributed by atoms with Gasteiger partial charge in [0.1, 0.15) is 10.6 Å². The molecule has 0 saturated carbocycles. The van der Waals surface area contributed by atoms with E-state index in [1.54, 1.807) is 4.52 Å². The van der Waals surface area contributed by atoms with Crippen molar-refractivity contribution >= 4 is 33.1 Å². The summed E-state index contributed by atoms with van der Waals surface area (Å²) in [4.78, 5) is 12.1. The number of nitrogens with one attached hydrogen (secondary N) is 1. The Morgan fingerprint density at radius 2 is 2.04 bits per heavy atom. The number of nitrogens with zero attached hydrogens (tertiary/aromatic N) is 7. The Morgan fingerprint density at radius 1 is 1.17 bits per heavy atom. The molecule has 9 heteroatoms. The van der Waals surface area contributed by atoms with Gasteiger partial charge in [-0.3, -0.25) is 0 Å². The van der Waals surface area contributed by atoms with E-state index < -0.39 is 0 Å². The molecule has 0 unspecified atom stereocenters. The zero-order chi connectivity index (χ0) is 15.4. The van der Waals surface area contributed by atoms with Crippen molar-refractivity contribution in [2.75, 3.05) is 44.7 Å². The standard InChI is InChI=1S/C14H18N8S/c1-20-5-2-9-10(8-20)23-13-11(9)12(21-6-3-15-4-7-21)16-14-17-18-19-22(13)14/h15H,2-8H2,1H3. The summed E-state index contributed by atoms with van der Waals surface area (Å²) in [7, 11) is 2.18. The van der Waals surface area contributed by atoms with Crippen molar-refractivity contribution in [2.45, 2.75) is 13.0 Å². The fourth-order valence-electron chi connectivity index (χ4n) is 3.54. The van der Waals surface area contributed by atoms with Crippen LogP contribution in [0, 0.1) is 0 Å². The number of thiophene rings is 1. The first-order valence-electron chi connectivity index (χ1n) is 7.98. The quantitative estimate of drug-likeness (QED) is 0.680. The molecule has 5 heterocycles. The lowest BCUT2D eigenvalue weighted by molar-refractivity contribution is 0.318. The summed E-state index contributed by atoms with van der Waals surface area (Å²) in [5, 5.41) is 16.7. The van der Waals surface area contributed by atoms with Crippen LogP contribution in [0.3, 0.4) is 0 Å². The molecule has 2 aliphatic heterocycles. The molecule has 0 radical (unpaired) electrons. The molecule has 0 atom stereocenters. The molecule has 120 valence electrons. The van der Waals surface area contributed by atoms with Crippen LogP contribution in [0.25, 0.3) is 16.0 Å². The monoisotopic (exact) mass is 330 g/mol. The average molecular weight is 330 g/mol. The molecule has 0 aliphatic carbocycles. The van der Waals surface area contributed by atoms with E-state index in [1.165, 1.54) is 15.8 Å². The molecule has 2 aliphatic rings. The van der Waals surface area contributed by atoms with Gasteiger partial charge >= 0.3 is 0 Å². The van der Waals surface area contributed by atoms with Gasteiger partial charge in [0.2, 0.25) is 0 Å². The second-order valence-corrected chi connectivity index (χ2v) is 7.32. The van der Waals surface area contributed by atoms with Crippen molar-refractivity contribution in [1.82, 2.24) is 35.2 Å². The molecule has 0 spiro atoms. The van der Waals surface area contributed by atoms with Crippen LogP contribution in [-0.4, -0.2) is 69.7 Å². The second kappa shape index (κ2) is 5.08. The number of tetrazole rings is 1. The summed E-state index contributed by atoms with van der Waals surface area (Å²) >= 11 is 1.81. The number of rotatable bonds is 1. The van der Waals surface area contributed by atoms with E-state index in [1.807, 2.05) is 11.3 Å². The lowest BCUT2D eigenvalue weighted by Gasteiger charge is -2.29. The summed E-state index contributed by atoms with van der Waals surface area (Å²) in [6.45, 7) is 6.03. The minimum absolute atomic E-state index is 0.595. The van der Waals surface area contributed by atoms with Crippen molar-refractivity contribution in [1.29, 1.82) is 0 Å². The Bertz CT molecular complexity index is 878. The van der Waals surface area contributed by atoms with Gasteiger partial charge in [0.05, 0.1) is 5.39 Å². The first-order chi connectivity index (χ1) is 11.3. The lowest BCUT2D eigenvalue weighted by atomic mass is 10.0. The van der Waals surface area contributed by atoms with Crippen molar-refractivity contribution in [2.24, 2.45) is 0 Å². The molecule has 3 aromatic rings. The zero-order valence-electron chi connectivity index (χ0n) is 13.0. The number of hydrogen-bond donors (Lipinski definition) is 1. The van der Waals surface area contributed by atoms with Gasteiger partial charge in [-0.2, -0.15) is 9.50 Å². The zero-order valence-corrected chi connectivity index (χ0v) is 13.8. The van der Waals surface area contributed by atoms with E-state index in [9.17, 15) is 0 Å². The van der Waals surface area contributed by atoms with Crippen LogP contribution in [0.2, 0.25) is 0 Å². The van der Waals surface area contributed by atoms with E-state index in [-0.39, 0.29) is 0 Å². The van der Waals surface area contributed by atoms with Crippen LogP contribution in [-0.2, 0) is 13.0 Å². The second-order valence-electron chi connectivity index (χ2n) is 6.23. The molecule has 0 aromatic carbocycles. The normalized spacial score (nSPS) is 19.6. The highest BCUT2D eigenvalue weighted by molar-refractivity contribution is 7.19. The molecule has 1 N–H and O–H groups in total. The highest BCUT2D eigenvalue weighted by Gasteiger charge is 2.26. The summed E-state index contributed by atoms with van der Waals surface area (Å²) in [6.07, 6.45) is 1.07. The Hall–Kier alpha value is -1.84. The third-order valence-corrected chi connectivity index (χ3v) is 5.91. The Morgan fingerprint density at radius 3 is 2.91 bits per heavy atom. The summed E-state index contributed by atoms with van der Waals surface area (Å²) < 4.78 is 1.80. The predicted octanol–water partition coefficient (Wildman–Crippen LogP) is 0.131. The molecular formula is C14H18N8S. The molecule has 0 amide bonds. The Balaban J connectivity index is 1.80. The number of likely N-dealkylation sites (N-methyl/N-ethyl adjacent to an activating group) is 1. The van der Waals surface area contributed by atoms with Gasteiger partial charge in [0, 0.05) is 44.1 Å². The molecule has 3 aromatic heterocycles. The highest BCUT2D eigenvalue weighted by atomic mass is 32.1. The third kappa shape index (κ3) is 2.03. The maximum Gasteiger partial charge on any atom is 0.276 e. The molecule has 5 rings (SSSR count). The van der Waals surface area contributed by atoms with Gasteiger partial charge in [-0.15, -0.1) is 11.3 Å². The third-order valence-electron chi connectivity index (χ3n) is 4.72. The molecular weight excluding hydrogens is 312 g/mol. The SMILES string of the molecule is CN1CCc2c(sc3c2c(N2CCNCC2)nc2nnnn23)C1. The van der Waals surface area contributed by atoms with E-state index in [4.69, 9.17) is 4.98 Å².